The average molecular weight is 359 g/mol. The lowest BCUT2D eigenvalue weighted by Gasteiger charge is -2.13. The zero-order valence-electron chi connectivity index (χ0n) is 12.7. The van der Waals surface area contributed by atoms with E-state index in [1.54, 1.807) is 12.1 Å². The number of nitrogens with one attached hydrogen (secondary N) is 2. The molecule has 2 aromatic rings. The molecule has 0 radical (unpaired) electrons. The van der Waals surface area contributed by atoms with Gasteiger partial charge in [0.2, 0.25) is 0 Å². The number of hydrogen-bond donors (Lipinski definition) is 2. The predicted octanol–water partition coefficient (Wildman–Crippen LogP) is 4.44. The Morgan fingerprint density at radius 2 is 1.59 bits per heavy atom. The van der Waals surface area contributed by atoms with Gasteiger partial charge in [-0.3, -0.25) is 15.6 Å². The van der Waals surface area contributed by atoms with Crippen LogP contribution in [0, 0.1) is 6.92 Å². The van der Waals surface area contributed by atoms with E-state index in [-0.39, 0.29) is 5.91 Å². The van der Waals surface area contributed by atoms with Crippen molar-refractivity contribution in [2.45, 2.75) is 20.3 Å². The van der Waals surface area contributed by atoms with Crippen molar-refractivity contribution in [2.75, 3.05) is 0 Å². The van der Waals surface area contributed by atoms with Crippen LogP contribution in [-0.4, -0.2) is 5.91 Å². The minimum absolute atomic E-state index is 0.165. The molecular formula is C18H19BrN2O. The third-order valence-corrected chi connectivity index (χ3v) is 3.72. The first-order chi connectivity index (χ1) is 10.6. The Hall–Kier alpha value is -2.07. The molecule has 0 aliphatic carbocycles. The summed E-state index contributed by atoms with van der Waals surface area (Å²) in [5, 5.41) is 0. The largest absolute Gasteiger partial charge is 0.298 e. The fourth-order valence-electron chi connectivity index (χ4n) is 1.98. The summed E-state index contributed by atoms with van der Waals surface area (Å²) in [5.41, 5.74) is 9.52. The van der Waals surface area contributed by atoms with E-state index >= 15 is 0 Å². The van der Waals surface area contributed by atoms with Crippen molar-refractivity contribution in [3.05, 3.63) is 75.8 Å². The summed E-state index contributed by atoms with van der Waals surface area (Å²) in [6.07, 6.45) is 2.93. The van der Waals surface area contributed by atoms with Crippen LogP contribution < -0.4 is 10.9 Å². The van der Waals surface area contributed by atoms with Crippen molar-refractivity contribution in [3.8, 4) is 0 Å². The smallest absolute Gasteiger partial charge is 0.269 e. The minimum Gasteiger partial charge on any atom is -0.298 e. The molecule has 0 atom stereocenters. The van der Waals surface area contributed by atoms with Gasteiger partial charge in [-0.1, -0.05) is 58.8 Å². The van der Waals surface area contributed by atoms with Crippen molar-refractivity contribution in [3.63, 3.8) is 0 Å². The molecule has 2 aromatic carbocycles. The molecule has 0 aliphatic heterocycles. The number of amides is 1. The molecule has 114 valence electrons. The van der Waals surface area contributed by atoms with Crippen molar-refractivity contribution in [2.24, 2.45) is 0 Å². The van der Waals surface area contributed by atoms with E-state index in [9.17, 15) is 4.79 Å². The fourth-order valence-corrected chi connectivity index (χ4v) is 2.24. The third kappa shape index (κ3) is 4.46. The number of carbonyl (C=O) groups excluding carboxylic acids is 1. The minimum atomic E-state index is -0.165. The van der Waals surface area contributed by atoms with E-state index in [4.69, 9.17) is 0 Å². The Morgan fingerprint density at radius 1 is 1.00 bits per heavy atom. The van der Waals surface area contributed by atoms with Crippen LogP contribution in [0.2, 0.25) is 0 Å². The topological polar surface area (TPSA) is 41.1 Å². The van der Waals surface area contributed by atoms with Crippen LogP contribution in [0.5, 0.6) is 0 Å². The van der Waals surface area contributed by atoms with Crippen molar-refractivity contribution < 1.29 is 4.79 Å². The van der Waals surface area contributed by atoms with Crippen LogP contribution in [0.15, 0.2) is 59.1 Å². The molecular weight excluding hydrogens is 340 g/mol. The van der Waals surface area contributed by atoms with Crippen LogP contribution in [-0.2, 0) is 0 Å². The Kier molecular flexibility index (Phi) is 5.78. The third-order valence-electron chi connectivity index (χ3n) is 3.19. The molecule has 0 aliphatic rings. The van der Waals surface area contributed by atoms with Gasteiger partial charge < -0.3 is 0 Å². The van der Waals surface area contributed by atoms with Gasteiger partial charge in [-0.25, -0.2) is 0 Å². The van der Waals surface area contributed by atoms with Crippen LogP contribution in [0.3, 0.4) is 0 Å². The van der Waals surface area contributed by atoms with Crippen LogP contribution in [0.1, 0.15) is 34.8 Å². The Bertz CT molecular complexity index is 660. The van der Waals surface area contributed by atoms with Crippen LogP contribution in [0.25, 0.3) is 5.70 Å². The molecule has 4 heteroatoms. The summed E-state index contributed by atoms with van der Waals surface area (Å²) >= 11 is 3.36. The summed E-state index contributed by atoms with van der Waals surface area (Å²) in [4.78, 5) is 12.1. The van der Waals surface area contributed by atoms with E-state index < -0.39 is 0 Å². The maximum Gasteiger partial charge on any atom is 0.269 e. The molecule has 2 N–H and O–H groups in total. The molecule has 0 aromatic heterocycles. The molecule has 0 saturated heterocycles. The Labute approximate surface area is 139 Å². The highest BCUT2D eigenvalue weighted by Gasteiger charge is 2.06. The van der Waals surface area contributed by atoms with Gasteiger partial charge in [-0.05, 0) is 43.2 Å². The summed E-state index contributed by atoms with van der Waals surface area (Å²) < 4.78 is 0.947. The van der Waals surface area contributed by atoms with Gasteiger partial charge in [0.15, 0.2) is 0 Å². The summed E-state index contributed by atoms with van der Waals surface area (Å²) in [6, 6.07) is 15.4. The molecule has 0 heterocycles. The summed E-state index contributed by atoms with van der Waals surface area (Å²) in [5.74, 6) is -0.165. The highest BCUT2D eigenvalue weighted by molar-refractivity contribution is 9.10. The number of hydrogen-bond acceptors (Lipinski definition) is 2. The molecule has 2 rings (SSSR count). The number of hydrazine groups is 1. The Balaban J connectivity index is 2.06. The number of aryl methyl sites for hydroxylation is 1. The van der Waals surface area contributed by atoms with Gasteiger partial charge in [0.1, 0.15) is 0 Å². The predicted molar refractivity (Wildman–Crippen MR) is 94.2 cm³/mol. The van der Waals surface area contributed by atoms with Crippen molar-refractivity contribution in [1.82, 2.24) is 10.9 Å². The number of carbonyl (C=O) groups is 1. The van der Waals surface area contributed by atoms with E-state index in [0.717, 1.165) is 22.2 Å². The fraction of sp³-hybridized carbons (Fsp3) is 0.167. The number of benzene rings is 2. The van der Waals surface area contributed by atoms with E-state index in [1.165, 1.54) is 5.56 Å². The lowest BCUT2D eigenvalue weighted by atomic mass is 10.1. The van der Waals surface area contributed by atoms with Gasteiger partial charge in [-0.15, -0.1) is 0 Å². The van der Waals surface area contributed by atoms with E-state index in [2.05, 4.69) is 52.8 Å². The van der Waals surface area contributed by atoms with Gasteiger partial charge in [0, 0.05) is 10.0 Å². The summed E-state index contributed by atoms with van der Waals surface area (Å²) in [7, 11) is 0. The highest BCUT2D eigenvalue weighted by Crippen LogP contribution is 2.13. The molecule has 0 saturated carbocycles. The molecule has 3 nitrogen and oxygen atoms in total. The standard InChI is InChI=1S/C18H19BrN2O/c1-3-4-17(14-7-5-13(2)6-8-14)20-21-18(22)15-9-11-16(19)12-10-15/h4-12,20H,3H2,1-2H3,(H,21,22). The van der Waals surface area contributed by atoms with Gasteiger partial charge in [-0.2, -0.15) is 0 Å². The number of rotatable bonds is 5. The van der Waals surface area contributed by atoms with Gasteiger partial charge in [0.25, 0.3) is 5.91 Å². The summed E-state index contributed by atoms with van der Waals surface area (Å²) in [6.45, 7) is 4.11. The highest BCUT2D eigenvalue weighted by atomic mass is 79.9. The lowest BCUT2D eigenvalue weighted by Crippen LogP contribution is -2.36. The van der Waals surface area contributed by atoms with Gasteiger partial charge in [0.05, 0.1) is 5.70 Å². The number of allylic oxidation sites excluding steroid dienone is 1. The molecule has 1 amide bonds. The molecule has 22 heavy (non-hydrogen) atoms. The lowest BCUT2D eigenvalue weighted by molar-refractivity contribution is 0.0942. The molecule has 0 fully saturated rings. The van der Waals surface area contributed by atoms with Crippen LogP contribution >= 0.6 is 15.9 Å². The second kappa shape index (κ2) is 7.80. The maximum absolute atomic E-state index is 12.1. The second-order valence-corrected chi connectivity index (χ2v) is 5.89. The first-order valence-corrected chi connectivity index (χ1v) is 7.98. The normalized spacial score (nSPS) is 11.1. The monoisotopic (exact) mass is 358 g/mol. The zero-order chi connectivity index (χ0) is 15.9. The van der Waals surface area contributed by atoms with E-state index in [0.29, 0.717) is 5.56 Å². The van der Waals surface area contributed by atoms with Crippen molar-refractivity contribution in [1.29, 1.82) is 0 Å². The first kappa shape index (κ1) is 16.3. The van der Waals surface area contributed by atoms with Crippen LogP contribution in [0.4, 0.5) is 0 Å². The van der Waals surface area contributed by atoms with E-state index in [1.807, 2.05) is 30.3 Å². The molecule has 0 spiro atoms. The van der Waals surface area contributed by atoms with Gasteiger partial charge >= 0.3 is 0 Å². The SMILES string of the molecule is CCC=C(NNC(=O)c1ccc(Br)cc1)c1ccc(C)cc1. The molecule has 0 unspecified atom stereocenters. The maximum atomic E-state index is 12.1. The first-order valence-electron chi connectivity index (χ1n) is 7.19. The molecule has 0 bridgehead atoms. The number of halogens is 1. The zero-order valence-corrected chi connectivity index (χ0v) is 14.3. The Morgan fingerprint density at radius 3 is 2.18 bits per heavy atom. The average Bonchev–Trinajstić information content (AvgIpc) is 2.53. The van der Waals surface area contributed by atoms with Crippen molar-refractivity contribution >= 4 is 27.5 Å². The quantitative estimate of drug-likeness (QED) is 0.775. The second-order valence-electron chi connectivity index (χ2n) is 4.98.